The second kappa shape index (κ2) is 6.32. The summed E-state index contributed by atoms with van der Waals surface area (Å²) in [6, 6.07) is 9.79. The zero-order valence-corrected chi connectivity index (χ0v) is 11.2. The Morgan fingerprint density at radius 1 is 1.05 bits per heavy atom. The molecule has 0 fully saturated rings. The average Bonchev–Trinajstić information content (AvgIpc) is 2.46. The molecule has 0 atom stereocenters. The van der Waals surface area contributed by atoms with Gasteiger partial charge in [0, 0.05) is 17.7 Å². The Balaban J connectivity index is 2.04. The van der Waals surface area contributed by atoms with Crippen LogP contribution in [-0.4, -0.2) is 11.7 Å². The van der Waals surface area contributed by atoms with Crippen LogP contribution in [0.2, 0.25) is 0 Å². The fourth-order valence-corrected chi connectivity index (χ4v) is 2.43. The van der Waals surface area contributed by atoms with E-state index in [-0.39, 0.29) is 11.7 Å². The van der Waals surface area contributed by atoms with E-state index in [1.165, 1.54) is 0 Å². The summed E-state index contributed by atoms with van der Waals surface area (Å²) in [5.74, 6) is -0.0571. The minimum Gasteiger partial charge on any atom is -0.348 e. The number of carbonyl (C=O) groups is 2. The molecular formula is C16H19NO2. The third-order valence-corrected chi connectivity index (χ3v) is 3.46. The molecule has 1 aromatic carbocycles. The van der Waals surface area contributed by atoms with Gasteiger partial charge in [-0.15, -0.1) is 0 Å². The Kier molecular flexibility index (Phi) is 4.50. The van der Waals surface area contributed by atoms with Gasteiger partial charge < -0.3 is 5.32 Å². The van der Waals surface area contributed by atoms with Gasteiger partial charge in [-0.1, -0.05) is 30.3 Å². The molecule has 1 aromatic rings. The van der Waals surface area contributed by atoms with E-state index in [1.54, 1.807) is 6.92 Å². The molecule has 0 aliphatic heterocycles. The van der Waals surface area contributed by atoms with Crippen molar-refractivity contribution in [2.24, 2.45) is 0 Å². The van der Waals surface area contributed by atoms with Crippen molar-refractivity contribution in [2.45, 2.75) is 39.2 Å². The molecule has 100 valence electrons. The number of carbonyl (C=O) groups excluding carboxylic acids is 2. The second-order valence-corrected chi connectivity index (χ2v) is 4.89. The Hall–Kier alpha value is -1.90. The first-order valence-corrected chi connectivity index (χ1v) is 6.73. The minimum atomic E-state index is -0.0891. The van der Waals surface area contributed by atoms with Gasteiger partial charge in [0.25, 0.3) is 0 Å². The van der Waals surface area contributed by atoms with E-state index in [4.69, 9.17) is 0 Å². The van der Waals surface area contributed by atoms with Crippen molar-refractivity contribution in [1.29, 1.82) is 0 Å². The predicted molar refractivity (Wildman–Crippen MR) is 74.5 cm³/mol. The van der Waals surface area contributed by atoms with Gasteiger partial charge in [-0.05, 0) is 38.2 Å². The summed E-state index contributed by atoms with van der Waals surface area (Å²) in [5, 5.41) is 2.90. The maximum absolute atomic E-state index is 12.2. The van der Waals surface area contributed by atoms with Gasteiger partial charge in [-0.2, -0.15) is 0 Å². The molecule has 0 aromatic heterocycles. The number of allylic oxidation sites excluding steroid dienone is 1. The summed E-state index contributed by atoms with van der Waals surface area (Å²) < 4.78 is 0. The highest BCUT2D eigenvalue weighted by molar-refractivity contribution is 6.04. The smallest absolute Gasteiger partial charge is 0.247 e. The van der Waals surface area contributed by atoms with Crippen LogP contribution < -0.4 is 5.32 Å². The summed E-state index contributed by atoms with van der Waals surface area (Å²) in [6.07, 6.45) is 3.45. The van der Waals surface area contributed by atoms with Crippen molar-refractivity contribution >= 4 is 11.7 Å². The predicted octanol–water partition coefficient (Wildman–Crippen LogP) is 2.76. The number of hydrogen-bond acceptors (Lipinski definition) is 2. The normalized spacial score (nSPS) is 15.2. The lowest BCUT2D eigenvalue weighted by Gasteiger charge is -2.18. The SMILES string of the molecule is CC(=O)C1=C(C(=O)NCc2ccccc2)CCCC1. The second-order valence-electron chi connectivity index (χ2n) is 4.89. The van der Waals surface area contributed by atoms with Gasteiger partial charge in [0.1, 0.15) is 0 Å². The molecule has 0 heterocycles. The molecule has 0 spiro atoms. The third-order valence-electron chi connectivity index (χ3n) is 3.46. The Labute approximate surface area is 113 Å². The molecule has 1 N–H and O–H groups in total. The topological polar surface area (TPSA) is 46.2 Å². The number of ketones is 1. The molecule has 0 radical (unpaired) electrons. The van der Waals surface area contributed by atoms with Gasteiger partial charge in [0.2, 0.25) is 5.91 Å². The highest BCUT2D eigenvalue weighted by Gasteiger charge is 2.21. The van der Waals surface area contributed by atoms with Crippen LogP contribution in [0.5, 0.6) is 0 Å². The van der Waals surface area contributed by atoms with Crippen LogP contribution in [0.15, 0.2) is 41.5 Å². The van der Waals surface area contributed by atoms with Gasteiger partial charge in [-0.3, -0.25) is 9.59 Å². The quantitative estimate of drug-likeness (QED) is 0.901. The van der Waals surface area contributed by atoms with Gasteiger partial charge in [-0.25, -0.2) is 0 Å². The highest BCUT2D eigenvalue weighted by atomic mass is 16.2. The molecule has 0 unspecified atom stereocenters. The standard InChI is InChI=1S/C16H19NO2/c1-12(18)14-9-5-6-10-15(14)16(19)17-11-13-7-3-2-4-8-13/h2-4,7-8H,5-6,9-11H2,1H3,(H,17,19). The number of rotatable bonds is 4. The molecule has 19 heavy (non-hydrogen) atoms. The number of Topliss-reactive ketones (excluding diaryl/α,β-unsaturated/α-hetero) is 1. The molecule has 0 bridgehead atoms. The lowest BCUT2D eigenvalue weighted by atomic mass is 9.89. The van der Waals surface area contributed by atoms with Crippen molar-refractivity contribution in [1.82, 2.24) is 5.32 Å². The van der Waals surface area contributed by atoms with E-state index in [9.17, 15) is 9.59 Å². The molecule has 1 amide bonds. The fourth-order valence-electron chi connectivity index (χ4n) is 2.43. The van der Waals surface area contributed by atoms with Gasteiger partial charge in [0.05, 0.1) is 0 Å². The zero-order valence-electron chi connectivity index (χ0n) is 11.2. The molecule has 2 rings (SSSR count). The summed E-state index contributed by atoms with van der Waals surface area (Å²) in [7, 11) is 0. The van der Waals surface area contributed by atoms with Crippen LogP contribution in [0.25, 0.3) is 0 Å². The van der Waals surface area contributed by atoms with E-state index in [1.807, 2.05) is 30.3 Å². The summed E-state index contributed by atoms with van der Waals surface area (Å²) in [4.78, 5) is 23.7. The molecule has 0 saturated heterocycles. The molecule has 3 heteroatoms. The van der Waals surface area contributed by atoms with Crippen LogP contribution in [-0.2, 0) is 16.1 Å². The summed E-state index contributed by atoms with van der Waals surface area (Å²) >= 11 is 0. The molecule has 0 saturated carbocycles. The maximum atomic E-state index is 12.2. The largest absolute Gasteiger partial charge is 0.348 e. The number of hydrogen-bond donors (Lipinski definition) is 1. The van der Waals surface area contributed by atoms with Crippen LogP contribution in [0, 0.1) is 0 Å². The monoisotopic (exact) mass is 257 g/mol. The number of nitrogens with one attached hydrogen (secondary N) is 1. The lowest BCUT2D eigenvalue weighted by molar-refractivity contribution is -0.119. The van der Waals surface area contributed by atoms with Crippen LogP contribution in [0.1, 0.15) is 38.2 Å². The number of benzene rings is 1. The lowest BCUT2D eigenvalue weighted by Crippen LogP contribution is -2.27. The highest BCUT2D eigenvalue weighted by Crippen LogP contribution is 2.25. The first kappa shape index (κ1) is 13.5. The van der Waals surface area contributed by atoms with Crippen molar-refractivity contribution in [3.05, 3.63) is 47.0 Å². The Morgan fingerprint density at radius 2 is 1.68 bits per heavy atom. The van der Waals surface area contributed by atoms with E-state index < -0.39 is 0 Å². The molecule has 3 nitrogen and oxygen atoms in total. The van der Waals surface area contributed by atoms with Crippen LogP contribution in [0.4, 0.5) is 0 Å². The minimum absolute atomic E-state index is 0.0320. The van der Waals surface area contributed by atoms with Crippen molar-refractivity contribution in [2.75, 3.05) is 0 Å². The Morgan fingerprint density at radius 3 is 2.32 bits per heavy atom. The van der Waals surface area contributed by atoms with Gasteiger partial charge >= 0.3 is 0 Å². The Bertz CT molecular complexity index is 503. The molecule has 1 aliphatic carbocycles. The average molecular weight is 257 g/mol. The van der Waals surface area contributed by atoms with Crippen molar-refractivity contribution in [3.63, 3.8) is 0 Å². The zero-order chi connectivity index (χ0) is 13.7. The first-order chi connectivity index (χ1) is 9.18. The van der Waals surface area contributed by atoms with Crippen LogP contribution >= 0.6 is 0 Å². The number of amides is 1. The van der Waals surface area contributed by atoms with E-state index in [2.05, 4.69) is 5.32 Å². The van der Waals surface area contributed by atoms with Gasteiger partial charge in [0.15, 0.2) is 5.78 Å². The summed E-state index contributed by atoms with van der Waals surface area (Å²) in [6.45, 7) is 2.06. The van der Waals surface area contributed by atoms with Crippen molar-refractivity contribution < 1.29 is 9.59 Å². The molecule has 1 aliphatic rings. The first-order valence-electron chi connectivity index (χ1n) is 6.73. The maximum Gasteiger partial charge on any atom is 0.247 e. The van der Waals surface area contributed by atoms with Crippen LogP contribution in [0.3, 0.4) is 0 Å². The molecular weight excluding hydrogens is 238 g/mol. The van der Waals surface area contributed by atoms with E-state index in [0.717, 1.165) is 36.8 Å². The fraction of sp³-hybridized carbons (Fsp3) is 0.375. The van der Waals surface area contributed by atoms with Crippen molar-refractivity contribution in [3.8, 4) is 0 Å². The van der Waals surface area contributed by atoms with E-state index in [0.29, 0.717) is 12.1 Å². The van der Waals surface area contributed by atoms with E-state index >= 15 is 0 Å². The summed E-state index contributed by atoms with van der Waals surface area (Å²) in [5.41, 5.74) is 2.48. The third kappa shape index (κ3) is 3.53.